The number of hydrogen-bond donors (Lipinski definition) is 0. The molecule has 31 heavy (non-hydrogen) atoms. The van der Waals surface area contributed by atoms with E-state index in [-0.39, 0.29) is 24.5 Å². The molecule has 0 radical (unpaired) electrons. The molecule has 10 nitrogen and oxygen atoms in total. The van der Waals surface area contributed by atoms with Crippen molar-refractivity contribution in [1.82, 2.24) is 9.96 Å². The molecular weight excluding hydrogens is 406 g/mol. The lowest BCUT2D eigenvalue weighted by atomic mass is 9.64. The van der Waals surface area contributed by atoms with Gasteiger partial charge in [0.05, 0.1) is 16.8 Å². The topological polar surface area (TPSA) is 115 Å². The highest BCUT2D eigenvalue weighted by Gasteiger charge is 2.85. The number of carbonyl (C=O) groups excluding carboxylic acids is 4. The number of hydroxylamine groups is 2. The molecule has 0 aromatic rings. The van der Waals surface area contributed by atoms with Crippen LogP contribution in [0, 0.1) is 0 Å². The second-order valence-electron chi connectivity index (χ2n) is 9.36. The molecule has 3 amide bonds. The van der Waals surface area contributed by atoms with Crippen molar-refractivity contribution in [2.45, 2.75) is 82.9 Å². The number of imide groups is 1. The minimum Gasteiger partial charge on any atom is -0.444 e. The van der Waals surface area contributed by atoms with Gasteiger partial charge in [-0.3, -0.25) is 14.5 Å². The highest BCUT2D eigenvalue weighted by molar-refractivity contribution is 6.04. The number of hydrogen-bond acceptors (Lipinski definition) is 8. The average molecular weight is 433 g/mol. The third kappa shape index (κ3) is 3.28. The Morgan fingerprint density at radius 1 is 1.13 bits per heavy atom. The predicted molar refractivity (Wildman–Crippen MR) is 106 cm³/mol. The molecule has 0 bridgehead atoms. The zero-order valence-corrected chi connectivity index (χ0v) is 18.2. The molecule has 2 unspecified atom stereocenters. The standard InChI is InChI=1S/C21H27N3O7/c1-13(22-29-12-17(27)31-23-15(25)7-8-16(23)26)14-6-5-9-20-10-11-21(14,20)24(20)18(28)30-19(2,3)4/h6H,5,7-12H2,1-4H3/b22-13+. The first-order valence-corrected chi connectivity index (χ1v) is 10.5. The lowest BCUT2D eigenvalue weighted by Crippen LogP contribution is -2.42. The number of amides is 3. The minimum absolute atomic E-state index is 0.0242. The van der Waals surface area contributed by atoms with Crippen molar-refractivity contribution in [3.63, 3.8) is 0 Å². The Bertz CT molecular complexity index is 902. The predicted octanol–water partition coefficient (Wildman–Crippen LogP) is 2.23. The van der Waals surface area contributed by atoms with Crippen LogP contribution in [0.15, 0.2) is 16.8 Å². The summed E-state index contributed by atoms with van der Waals surface area (Å²) in [6.07, 6.45) is 5.22. The van der Waals surface area contributed by atoms with E-state index < -0.39 is 35.5 Å². The van der Waals surface area contributed by atoms with Crippen LogP contribution in [0.3, 0.4) is 0 Å². The molecule has 1 saturated carbocycles. The number of ether oxygens (including phenoxy) is 1. The fourth-order valence-corrected chi connectivity index (χ4v) is 5.06. The Hall–Kier alpha value is -2.91. The van der Waals surface area contributed by atoms with Crippen LogP contribution in [0.4, 0.5) is 4.79 Å². The summed E-state index contributed by atoms with van der Waals surface area (Å²) in [7, 11) is 0. The maximum absolute atomic E-state index is 12.8. The largest absolute Gasteiger partial charge is 0.444 e. The molecule has 0 aromatic carbocycles. The van der Waals surface area contributed by atoms with Crippen LogP contribution in [0.1, 0.15) is 66.2 Å². The van der Waals surface area contributed by atoms with Gasteiger partial charge in [-0.2, -0.15) is 0 Å². The van der Waals surface area contributed by atoms with Gasteiger partial charge in [0.25, 0.3) is 11.8 Å². The lowest BCUT2D eigenvalue weighted by Gasteiger charge is -2.35. The number of likely N-dealkylation sites (tertiary alicyclic amines) is 1. The maximum atomic E-state index is 12.8. The van der Waals surface area contributed by atoms with E-state index in [2.05, 4.69) is 11.2 Å². The molecule has 168 valence electrons. The summed E-state index contributed by atoms with van der Waals surface area (Å²) in [5, 5.41) is 4.51. The van der Waals surface area contributed by atoms with E-state index >= 15 is 0 Å². The van der Waals surface area contributed by atoms with Crippen LogP contribution < -0.4 is 0 Å². The molecule has 2 saturated heterocycles. The molecule has 0 aromatic heterocycles. The van der Waals surface area contributed by atoms with Crippen LogP contribution in [0.25, 0.3) is 0 Å². The van der Waals surface area contributed by atoms with Gasteiger partial charge in [0.1, 0.15) is 5.60 Å². The number of allylic oxidation sites excluding steroid dienone is 1. The van der Waals surface area contributed by atoms with Gasteiger partial charge in [0.2, 0.25) is 6.61 Å². The van der Waals surface area contributed by atoms with Gasteiger partial charge >= 0.3 is 12.1 Å². The van der Waals surface area contributed by atoms with E-state index in [1.807, 2.05) is 25.7 Å². The monoisotopic (exact) mass is 433 g/mol. The van der Waals surface area contributed by atoms with E-state index in [1.54, 1.807) is 6.92 Å². The Morgan fingerprint density at radius 3 is 2.39 bits per heavy atom. The molecule has 2 aliphatic carbocycles. The molecule has 4 rings (SSSR count). The van der Waals surface area contributed by atoms with Crippen molar-refractivity contribution >= 4 is 29.6 Å². The first kappa shape index (κ1) is 21.3. The second kappa shape index (κ2) is 7.06. The summed E-state index contributed by atoms with van der Waals surface area (Å²) in [5.41, 5.74) is 0.264. The summed E-state index contributed by atoms with van der Waals surface area (Å²) in [6.45, 7) is 6.74. The summed E-state index contributed by atoms with van der Waals surface area (Å²) in [4.78, 5) is 59.4. The van der Waals surface area contributed by atoms with Crippen molar-refractivity contribution in [3.05, 3.63) is 11.6 Å². The Morgan fingerprint density at radius 2 is 1.81 bits per heavy atom. The fraction of sp³-hybridized carbons (Fsp3) is 0.667. The lowest BCUT2D eigenvalue weighted by molar-refractivity contribution is -0.200. The van der Waals surface area contributed by atoms with E-state index in [9.17, 15) is 19.2 Å². The zero-order valence-electron chi connectivity index (χ0n) is 18.2. The number of carbonyl (C=O) groups is 4. The van der Waals surface area contributed by atoms with Gasteiger partial charge in [-0.05, 0) is 53.4 Å². The zero-order chi connectivity index (χ0) is 22.6. The quantitative estimate of drug-likeness (QED) is 0.283. The van der Waals surface area contributed by atoms with Crippen molar-refractivity contribution in [3.8, 4) is 0 Å². The minimum atomic E-state index is -0.893. The SMILES string of the molecule is C/C(=N\OCC(=O)ON1C(=O)CCC1=O)C1=CCCC23CCC12N3C(=O)OC(C)(C)C. The van der Waals surface area contributed by atoms with Gasteiger partial charge in [-0.15, -0.1) is 5.06 Å². The summed E-state index contributed by atoms with van der Waals surface area (Å²) >= 11 is 0. The average Bonchev–Trinajstić information content (AvgIpc) is 2.99. The smallest absolute Gasteiger partial charge is 0.411 e. The van der Waals surface area contributed by atoms with Gasteiger partial charge in [0, 0.05) is 18.4 Å². The van der Waals surface area contributed by atoms with Crippen LogP contribution in [-0.4, -0.2) is 62.8 Å². The molecule has 4 aliphatic rings. The Balaban J connectivity index is 1.39. The number of rotatable bonds is 5. The normalized spacial score (nSPS) is 29.5. The van der Waals surface area contributed by atoms with Gasteiger partial charge in [0.15, 0.2) is 0 Å². The highest BCUT2D eigenvalue weighted by atomic mass is 16.7. The summed E-state index contributed by atoms with van der Waals surface area (Å²) in [5.74, 6) is -2.00. The first-order valence-electron chi connectivity index (χ1n) is 10.5. The van der Waals surface area contributed by atoms with Crippen molar-refractivity contribution < 1.29 is 33.6 Å². The molecule has 10 heteroatoms. The summed E-state index contributed by atoms with van der Waals surface area (Å²) in [6, 6.07) is 0. The third-order valence-electron chi connectivity index (χ3n) is 6.33. The molecule has 0 spiro atoms. The molecule has 3 fully saturated rings. The summed E-state index contributed by atoms with van der Waals surface area (Å²) < 4.78 is 5.61. The number of nitrogens with zero attached hydrogens (tertiary/aromatic N) is 3. The van der Waals surface area contributed by atoms with Crippen molar-refractivity contribution in [2.24, 2.45) is 5.16 Å². The molecule has 0 N–H and O–H groups in total. The molecule has 2 heterocycles. The second-order valence-corrected chi connectivity index (χ2v) is 9.36. The van der Waals surface area contributed by atoms with Gasteiger partial charge in [-0.25, -0.2) is 9.59 Å². The Kier molecular flexibility index (Phi) is 4.86. The molecule has 2 atom stereocenters. The molecule has 2 aliphatic heterocycles. The van der Waals surface area contributed by atoms with Gasteiger partial charge < -0.3 is 14.4 Å². The van der Waals surface area contributed by atoms with Gasteiger partial charge in [-0.1, -0.05) is 11.2 Å². The van der Waals surface area contributed by atoms with E-state index in [0.29, 0.717) is 10.8 Å². The fourth-order valence-electron chi connectivity index (χ4n) is 5.06. The van der Waals surface area contributed by atoms with Crippen molar-refractivity contribution in [1.29, 1.82) is 0 Å². The van der Waals surface area contributed by atoms with E-state index in [4.69, 9.17) is 14.4 Å². The maximum Gasteiger partial charge on any atom is 0.411 e. The van der Waals surface area contributed by atoms with Crippen LogP contribution in [0.5, 0.6) is 0 Å². The number of oxime groups is 1. The van der Waals surface area contributed by atoms with Crippen molar-refractivity contribution in [2.75, 3.05) is 6.61 Å². The Labute approximate surface area is 180 Å². The van der Waals surface area contributed by atoms with E-state index in [1.165, 1.54) is 0 Å². The van der Waals surface area contributed by atoms with Crippen LogP contribution in [-0.2, 0) is 28.8 Å². The van der Waals surface area contributed by atoms with E-state index in [0.717, 1.165) is 31.3 Å². The van der Waals surface area contributed by atoms with Crippen LogP contribution in [0.2, 0.25) is 0 Å². The highest BCUT2D eigenvalue weighted by Crippen LogP contribution is 2.73. The first-order chi connectivity index (χ1) is 14.5. The third-order valence-corrected chi connectivity index (χ3v) is 6.33. The molecular formula is C21H27N3O7. The van der Waals surface area contributed by atoms with Crippen LogP contribution >= 0.6 is 0 Å².